The van der Waals surface area contributed by atoms with Crippen LogP contribution in [0.25, 0.3) is 0 Å². The van der Waals surface area contributed by atoms with Crippen LogP contribution < -0.4 is 4.31 Å². The van der Waals surface area contributed by atoms with Crippen LogP contribution in [-0.2, 0) is 15.0 Å². The van der Waals surface area contributed by atoms with E-state index in [9.17, 15) is 13.2 Å². The molecule has 0 unspecified atom stereocenters. The second kappa shape index (κ2) is 6.03. The van der Waals surface area contributed by atoms with Gasteiger partial charge in [0.05, 0.1) is 12.1 Å². The molecule has 6 nitrogen and oxygen atoms in total. The summed E-state index contributed by atoms with van der Waals surface area (Å²) in [6, 6.07) is 7.05. The van der Waals surface area contributed by atoms with Gasteiger partial charge in [-0.2, -0.15) is 12.7 Å². The van der Waals surface area contributed by atoms with E-state index in [1.165, 1.54) is 14.1 Å². The fourth-order valence-electron chi connectivity index (χ4n) is 1.47. The van der Waals surface area contributed by atoms with E-state index in [0.717, 1.165) is 14.2 Å². The lowest BCUT2D eigenvalue weighted by Crippen LogP contribution is -2.40. The molecule has 0 radical (unpaired) electrons. The number of hydrogen-bond acceptors (Lipinski definition) is 3. The van der Waals surface area contributed by atoms with E-state index in [1.807, 2.05) is 19.1 Å². The van der Waals surface area contributed by atoms with Crippen molar-refractivity contribution in [3.63, 3.8) is 0 Å². The van der Waals surface area contributed by atoms with E-state index < -0.39 is 16.2 Å². The highest BCUT2D eigenvalue weighted by Gasteiger charge is 2.24. The molecule has 0 heterocycles. The van der Waals surface area contributed by atoms with Crippen LogP contribution in [-0.4, -0.2) is 44.4 Å². The Morgan fingerprint density at radius 1 is 1.21 bits per heavy atom. The number of carboxylic acids is 1. The van der Waals surface area contributed by atoms with E-state index in [1.54, 1.807) is 12.1 Å². The summed E-state index contributed by atoms with van der Waals surface area (Å²) in [5.74, 6) is -1.03. The highest BCUT2D eigenvalue weighted by molar-refractivity contribution is 7.90. The van der Waals surface area contributed by atoms with E-state index in [0.29, 0.717) is 5.69 Å². The Morgan fingerprint density at radius 2 is 1.74 bits per heavy atom. The number of carboxylic acid groups (broad SMARTS) is 1. The number of benzene rings is 1. The standard InChI is InChI=1S/C12H18N2O4S/c1-10-4-6-11(7-5-10)14(3)19(17,18)13(2)9-8-12(15)16/h4-7H,8-9H2,1-3H3,(H,15,16). The van der Waals surface area contributed by atoms with Crippen LogP contribution in [0.15, 0.2) is 24.3 Å². The van der Waals surface area contributed by atoms with Crippen molar-refractivity contribution in [1.82, 2.24) is 4.31 Å². The van der Waals surface area contributed by atoms with Crippen LogP contribution in [0.1, 0.15) is 12.0 Å². The molecule has 7 heteroatoms. The molecule has 1 aromatic rings. The number of anilines is 1. The van der Waals surface area contributed by atoms with Crippen molar-refractivity contribution < 1.29 is 18.3 Å². The molecular formula is C12H18N2O4S. The van der Waals surface area contributed by atoms with Gasteiger partial charge in [-0.3, -0.25) is 9.10 Å². The lowest BCUT2D eigenvalue weighted by atomic mass is 10.2. The molecule has 1 N–H and O–H groups in total. The van der Waals surface area contributed by atoms with Gasteiger partial charge in [-0.15, -0.1) is 0 Å². The maximum atomic E-state index is 12.2. The van der Waals surface area contributed by atoms with E-state index in [2.05, 4.69) is 0 Å². The number of aliphatic carboxylic acids is 1. The minimum Gasteiger partial charge on any atom is -0.481 e. The summed E-state index contributed by atoms with van der Waals surface area (Å²) < 4.78 is 26.5. The Kier molecular flexibility index (Phi) is 4.90. The third kappa shape index (κ3) is 3.93. The van der Waals surface area contributed by atoms with E-state index in [-0.39, 0.29) is 13.0 Å². The molecule has 0 aliphatic carbocycles. The van der Waals surface area contributed by atoms with Crippen LogP contribution in [0.2, 0.25) is 0 Å². The first kappa shape index (κ1) is 15.5. The minimum absolute atomic E-state index is 0.0616. The molecule has 0 bridgehead atoms. The third-order valence-corrected chi connectivity index (χ3v) is 4.65. The molecule has 1 aromatic carbocycles. The molecule has 0 saturated carbocycles. The minimum atomic E-state index is -3.70. The first-order chi connectivity index (χ1) is 8.75. The molecule has 0 amide bonds. The van der Waals surface area contributed by atoms with Crippen LogP contribution in [0.4, 0.5) is 5.69 Å². The second-order valence-electron chi connectivity index (χ2n) is 4.28. The summed E-state index contributed by atoms with van der Waals surface area (Å²) in [5.41, 5.74) is 1.57. The van der Waals surface area contributed by atoms with E-state index in [4.69, 9.17) is 5.11 Å². The normalized spacial score (nSPS) is 11.6. The first-order valence-electron chi connectivity index (χ1n) is 5.74. The van der Waals surface area contributed by atoms with Gasteiger partial charge >= 0.3 is 16.2 Å². The summed E-state index contributed by atoms with van der Waals surface area (Å²) in [7, 11) is -0.891. The van der Waals surface area contributed by atoms with Gasteiger partial charge < -0.3 is 5.11 Å². The van der Waals surface area contributed by atoms with Gasteiger partial charge in [-0.05, 0) is 19.1 Å². The molecule has 106 valence electrons. The first-order valence-corrected chi connectivity index (χ1v) is 7.13. The molecule has 0 aliphatic heterocycles. The average molecular weight is 286 g/mol. The van der Waals surface area contributed by atoms with Crippen molar-refractivity contribution in [3.8, 4) is 0 Å². The van der Waals surface area contributed by atoms with Crippen molar-refractivity contribution in [2.75, 3.05) is 24.9 Å². The molecule has 0 aliphatic rings. The number of nitrogens with zero attached hydrogens (tertiary/aromatic N) is 2. The quantitative estimate of drug-likeness (QED) is 0.849. The summed E-state index contributed by atoms with van der Waals surface area (Å²) in [6.07, 6.45) is -0.225. The summed E-state index contributed by atoms with van der Waals surface area (Å²) in [6.45, 7) is 1.85. The smallest absolute Gasteiger partial charge is 0.304 e. The van der Waals surface area contributed by atoms with Crippen molar-refractivity contribution in [2.45, 2.75) is 13.3 Å². The van der Waals surface area contributed by atoms with Crippen LogP contribution in [0.5, 0.6) is 0 Å². The Morgan fingerprint density at radius 3 is 2.21 bits per heavy atom. The van der Waals surface area contributed by atoms with E-state index >= 15 is 0 Å². The molecule has 0 spiro atoms. The predicted octanol–water partition coefficient (Wildman–Crippen LogP) is 1.08. The third-order valence-electron chi connectivity index (χ3n) is 2.78. The van der Waals surface area contributed by atoms with Gasteiger partial charge in [-0.25, -0.2) is 0 Å². The van der Waals surface area contributed by atoms with Crippen molar-refractivity contribution in [3.05, 3.63) is 29.8 Å². The highest BCUT2D eigenvalue weighted by atomic mass is 32.2. The van der Waals surface area contributed by atoms with Crippen molar-refractivity contribution in [2.24, 2.45) is 0 Å². The summed E-state index contributed by atoms with van der Waals surface area (Å²) in [5, 5.41) is 8.58. The van der Waals surface area contributed by atoms with Crippen molar-refractivity contribution >= 4 is 21.9 Å². The largest absolute Gasteiger partial charge is 0.481 e. The molecule has 0 saturated heterocycles. The fourth-order valence-corrected chi connectivity index (χ4v) is 2.59. The maximum absolute atomic E-state index is 12.2. The van der Waals surface area contributed by atoms with Gasteiger partial charge in [0.1, 0.15) is 0 Å². The molecular weight excluding hydrogens is 268 g/mol. The number of carbonyl (C=O) groups is 1. The zero-order valence-corrected chi connectivity index (χ0v) is 12.0. The number of hydrogen-bond donors (Lipinski definition) is 1. The van der Waals surface area contributed by atoms with Gasteiger partial charge in [0.2, 0.25) is 0 Å². The fraction of sp³-hybridized carbons (Fsp3) is 0.417. The Hall–Kier alpha value is -1.60. The monoisotopic (exact) mass is 286 g/mol. The zero-order valence-electron chi connectivity index (χ0n) is 11.2. The van der Waals surface area contributed by atoms with Gasteiger partial charge in [0.25, 0.3) is 0 Å². The van der Waals surface area contributed by atoms with Gasteiger partial charge in [0, 0.05) is 20.6 Å². The van der Waals surface area contributed by atoms with Crippen LogP contribution in [0, 0.1) is 6.92 Å². The van der Waals surface area contributed by atoms with Crippen LogP contribution >= 0.6 is 0 Å². The zero-order chi connectivity index (χ0) is 14.6. The Bertz CT molecular complexity index is 539. The predicted molar refractivity (Wildman–Crippen MR) is 73.4 cm³/mol. The highest BCUT2D eigenvalue weighted by Crippen LogP contribution is 2.18. The number of rotatable bonds is 6. The lowest BCUT2D eigenvalue weighted by Gasteiger charge is -2.25. The molecule has 0 fully saturated rings. The van der Waals surface area contributed by atoms with Crippen molar-refractivity contribution in [1.29, 1.82) is 0 Å². The molecule has 19 heavy (non-hydrogen) atoms. The maximum Gasteiger partial charge on any atom is 0.304 e. The SMILES string of the molecule is Cc1ccc(N(C)S(=O)(=O)N(C)CCC(=O)O)cc1. The van der Waals surface area contributed by atoms with Gasteiger partial charge in [-0.1, -0.05) is 17.7 Å². The van der Waals surface area contributed by atoms with Crippen LogP contribution in [0.3, 0.4) is 0 Å². The summed E-state index contributed by atoms with van der Waals surface area (Å²) in [4.78, 5) is 10.5. The topological polar surface area (TPSA) is 77.9 Å². The average Bonchev–Trinajstić information content (AvgIpc) is 2.35. The Balaban J connectivity index is 2.87. The number of aryl methyl sites for hydroxylation is 1. The lowest BCUT2D eigenvalue weighted by molar-refractivity contribution is -0.137. The molecule has 1 rings (SSSR count). The second-order valence-corrected chi connectivity index (χ2v) is 6.34. The van der Waals surface area contributed by atoms with Gasteiger partial charge in [0.15, 0.2) is 0 Å². The summed E-state index contributed by atoms with van der Waals surface area (Å²) >= 11 is 0. The Labute approximate surface area is 113 Å². The molecule has 0 atom stereocenters. The molecule has 0 aromatic heterocycles.